The molecule has 0 aliphatic heterocycles. The van der Waals surface area contributed by atoms with Crippen LogP contribution in [0.5, 0.6) is 0 Å². The molecule has 0 saturated heterocycles. The van der Waals surface area contributed by atoms with Crippen LogP contribution < -0.4 is 0 Å². The second kappa shape index (κ2) is 14.8. The summed E-state index contributed by atoms with van der Waals surface area (Å²) in [4.78, 5) is 19.4. The van der Waals surface area contributed by atoms with Crippen LogP contribution in [0.3, 0.4) is 0 Å². The number of hydrogen-bond donors (Lipinski definition) is 5. The predicted octanol–water partition coefficient (Wildman–Crippen LogP) is -2.48. The maximum absolute atomic E-state index is 9.74. The molecule has 5 N–H and O–H groups in total. The van der Waals surface area contributed by atoms with E-state index in [2.05, 4.69) is 0 Å². The molecule has 0 atom stereocenters. The number of aliphatic carboxylic acids is 2. The Morgan fingerprint density at radius 1 is 1.12 bits per heavy atom. The first-order valence-corrected chi connectivity index (χ1v) is 3.95. The molecule has 7 nitrogen and oxygen atoms in total. The fourth-order valence-electron chi connectivity index (χ4n) is 0.318. The Balaban J connectivity index is -0.000000214. The normalized spacial score (nSPS) is 9.25. The number of carboxylic acids is 2. The van der Waals surface area contributed by atoms with Gasteiger partial charge in [-0.15, -0.1) is 0 Å². The van der Waals surface area contributed by atoms with Crippen LogP contribution in [0.1, 0.15) is 6.42 Å². The summed E-state index contributed by atoms with van der Waals surface area (Å²) in [5, 5.41) is 39.9. The van der Waals surface area contributed by atoms with Crippen molar-refractivity contribution in [2.24, 2.45) is 0 Å². The van der Waals surface area contributed by atoms with Gasteiger partial charge in [-0.3, -0.25) is 4.79 Å². The van der Waals surface area contributed by atoms with E-state index < -0.39 is 18.0 Å². The van der Waals surface area contributed by atoms with Gasteiger partial charge in [-0.25, -0.2) is 4.79 Å². The zero-order valence-corrected chi connectivity index (χ0v) is 7.91. The Kier molecular flexibility index (Phi) is 19.6. The number of aliphatic hydroxyl groups excluding tert-OH is 3. The van der Waals surface area contributed by atoms with Crippen LogP contribution in [-0.2, 0) is 9.59 Å². The van der Waals surface area contributed by atoms with Crippen LogP contribution in [0.25, 0.3) is 0 Å². The Hall–Kier alpha value is -0.180. The summed E-state index contributed by atoms with van der Waals surface area (Å²) in [5.41, 5.74) is 0. The first kappa shape index (κ1) is 21.1. The van der Waals surface area contributed by atoms with E-state index in [1.165, 1.54) is 0 Å². The SMILES string of the molecule is O=C(O)C=CCC(=O)O.OCC(O)CO.[CaH2]. The van der Waals surface area contributed by atoms with Crippen LogP contribution in [0, 0.1) is 0 Å². The van der Waals surface area contributed by atoms with Crippen molar-refractivity contribution in [3.05, 3.63) is 12.2 Å². The fraction of sp³-hybridized carbons (Fsp3) is 0.500. The van der Waals surface area contributed by atoms with Gasteiger partial charge in [-0.2, -0.15) is 0 Å². The van der Waals surface area contributed by atoms with Crippen molar-refractivity contribution in [1.82, 2.24) is 0 Å². The van der Waals surface area contributed by atoms with Crippen molar-refractivity contribution in [2.45, 2.75) is 12.5 Å². The number of aliphatic hydroxyl groups is 3. The van der Waals surface area contributed by atoms with Crippen LogP contribution in [-0.4, -0.2) is 94.5 Å². The maximum atomic E-state index is 9.74. The van der Waals surface area contributed by atoms with E-state index in [0.717, 1.165) is 12.2 Å². The molecule has 92 valence electrons. The molecule has 0 rings (SSSR count). The van der Waals surface area contributed by atoms with Crippen molar-refractivity contribution in [2.75, 3.05) is 13.2 Å². The number of carbonyl (C=O) groups is 2. The van der Waals surface area contributed by atoms with Crippen molar-refractivity contribution in [3.8, 4) is 0 Å². The summed E-state index contributed by atoms with van der Waals surface area (Å²) in [6, 6.07) is 0. The summed E-state index contributed by atoms with van der Waals surface area (Å²) >= 11 is 0. The summed E-state index contributed by atoms with van der Waals surface area (Å²) in [6.07, 6.45) is 0.676. The quantitative estimate of drug-likeness (QED) is 0.274. The third kappa shape index (κ3) is 23.6. The Morgan fingerprint density at radius 3 is 1.75 bits per heavy atom. The van der Waals surface area contributed by atoms with Gasteiger partial charge in [-0.1, -0.05) is 6.08 Å². The average Bonchev–Trinajstić information content (AvgIpc) is 2.16. The van der Waals surface area contributed by atoms with Crippen LogP contribution in [0.4, 0.5) is 0 Å². The third-order valence-electron chi connectivity index (χ3n) is 0.974. The van der Waals surface area contributed by atoms with Crippen LogP contribution in [0.15, 0.2) is 12.2 Å². The standard InChI is InChI=1S/C5H6O4.C3H8O3.Ca.2H/c6-4(7)2-1-3-5(8)9;4-1-3(6)2-5;;;/h1-2H,3H2,(H,6,7)(H,8,9);3-6H,1-2H2;;;. The molecular formula is C8H16CaO7. The molecule has 0 heterocycles. The van der Waals surface area contributed by atoms with Gasteiger partial charge in [0.2, 0.25) is 0 Å². The van der Waals surface area contributed by atoms with E-state index in [4.69, 9.17) is 25.5 Å². The van der Waals surface area contributed by atoms with Crippen molar-refractivity contribution in [3.63, 3.8) is 0 Å². The zero-order valence-electron chi connectivity index (χ0n) is 7.91. The molecule has 0 spiro atoms. The molecule has 0 aliphatic rings. The van der Waals surface area contributed by atoms with Crippen LogP contribution >= 0.6 is 0 Å². The fourth-order valence-corrected chi connectivity index (χ4v) is 0.318. The second-order valence-electron chi connectivity index (χ2n) is 2.36. The van der Waals surface area contributed by atoms with E-state index in [9.17, 15) is 9.59 Å². The molecule has 0 radical (unpaired) electrons. The Morgan fingerprint density at radius 2 is 1.56 bits per heavy atom. The minimum absolute atomic E-state index is 0. The van der Waals surface area contributed by atoms with Gasteiger partial charge < -0.3 is 25.5 Å². The van der Waals surface area contributed by atoms with Crippen LogP contribution in [0.2, 0.25) is 0 Å². The number of rotatable bonds is 5. The molecule has 0 aromatic heterocycles. The van der Waals surface area contributed by atoms with Gasteiger partial charge in [0.15, 0.2) is 0 Å². The topological polar surface area (TPSA) is 135 Å². The molecule has 16 heavy (non-hydrogen) atoms. The Bertz CT molecular complexity index is 212. The van der Waals surface area contributed by atoms with Gasteiger partial charge in [0.1, 0.15) is 6.10 Å². The Labute approximate surface area is 122 Å². The molecule has 0 unspecified atom stereocenters. The zero-order chi connectivity index (χ0) is 12.3. The van der Waals surface area contributed by atoms with E-state index >= 15 is 0 Å². The molecule has 8 heteroatoms. The minimum atomic E-state index is -1.13. The first-order chi connectivity index (χ1) is 6.93. The van der Waals surface area contributed by atoms with Crippen molar-refractivity contribution in [1.29, 1.82) is 0 Å². The summed E-state index contributed by atoms with van der Waals surface area (Å²) in [7, 11) is 0. The second-order valence-corrected chi connectivity index (χ2v) is 2.36. The van der Waals surface area contributed by atoms with E-state index in [-0.39, 0.29) is 57.4 Å². The van der Waals surface area contributed by atoms with Gasteiger partial charge in [0.25, 0.3) is 0 Å². The molecule has 0 aromatic carbocycles. The van der Waals surface area contributed by atoms with Gasteiger partial charge in [-0.05, 0) is 0 Å². The van der Waals surface area contributed by atoms with Crippen molar-refractivity contribution >= 4 is 49.7 Å². The number of carboxylic acid groups (broad SMARTS) is 2. The molecule has 0 amide bonds. The van der Waals surface area contributed by atoms with E-state index in [1.807, 2.05) is 0 Å². The molecular weight excluding hydrogens is 248 g/mol. The monoisotopic (exact) mass is 264 g/mol. The summed E-state index contributed by atoms with van der Waals surface area (Å²) < 4.78 is 0. The van der Waals surface area contributed by atoms with Gasteiger partial charge in [0, 0.05) is 6.08 Å². The van der Waals surface area contributed by atoms with E-state index in [0.29, 0.717) is 0 Å². The van der Waals surface area contributed by atoms with Gasteiger partial charge >= 0.3 is 49.7 Å². The third-order valence-corrected chi connectivity index (χ3v) is 0.974. The predicted molar refractivity (Wildman–Crippen MR) is 57.8 cm³/mol. The molecule has 0 aliphatic carbocycles. The number of hydrogen-bond acceptors (Lipinski definition) is 5. The van der Waals surface area contributed by atoms with E-state index in [1.54, 1.807) is 0 Å². The summed E-state index contributed by atoms with van der Waals surface area (Å²) in [6.45, 7) is -0.729. The average molecular weight is 264 g/mol. The molecule has 0 fully saturated rings. The van der Waals surface area contributed by atoms with Gasteiger partial charge in [0.05, 0.1) is 19.6 Å². The first-order valence-electron chi connectivity index (χ1n) is 3.95. The molecule has 0 saturated carbocycles. The summed E-state index contributed by atoms with van der Waals surface area (Å²) in [5.74, 6) is -2.16. The molecule has 0 bridgehead atoms. The molecule has 0 aromatic rings. The van der Waals surface area contributed by atoms with Crippen molar-refractivity contribution < 1.29 is 35.1 Å².